The van der Waals surface area contributed by atoms with Crippen molar-refractivity contribution in [3.8, 4) is 0 Å². The zero-order valence-electron chi connectivity index (χ0n) is 21.2. The number of allylic oxidation sites excluding steroid dienone is 1. The summed E-state index contributed by atoms with van der Waals surface area (Å²) in [5, 5.41) is 37.2. The van der Waals surface area contributed by atoms with Crippen LogP contribution in [-0.2, 0) is 23.9 Å². The van der Waals surface area contributed by atoms with Crippen LogP contribution in [0.4, 0.5) is 0 Å². The van der Waals surface area contributed by atoms with Gasteiger partial charge in [0.05, 0.1) is 30.1 Å². The predicted molar refractivity (Wildman–Crippen MR) is 135 cm³/mol. The third-order valence-corrected chi connectivity index (χ3v) is 10.2. The Bertz CT molecular complexity index is 1090. The van der Waals surface area contributed by atoms with Gasteiger partial charge in [-0.15, -0.1) is 11.8 Å². The zero-order valence-corrected chi connectivity index (χ0v) is 22.8. The molecule has 5 aliphatic heterocycles. The van der Waals surface area contributed by atoms with Gasteiger partial charge in [-0.1, -0.05) is 32.5 Å². The molecule has 5 heterocycles. The summed E-state index contributed by atoms with van der Waals surface area (Å²) in [5.41, 5.74) is -0.192. The summed E-state index contributed by atoms with van der Waals surface area (Å²) >= 11 is 2.74. The van der Waals surface area contributed by atoms with E-state index >= 15 is 0 Å². The van der Waals surface area contributed by atoms with Crippen molar-refractivity contribution in [2.75, 3.05) is 6.61 Å². The number of aliphatic hydroxyl groups is 2. The third kappa shape index (κ3) is 4.58. The van der Waals surface area contributed by atoms with E-state index in [0.29, 0.717) is 16.4 Å². The van der Waals surface area contributed by atoms with Crippen molar-refractivity contribution >= 4 is 47.3 Å². The van der Waals surface area contributed by atoms with Crippen molar-refractivity contribution in [1.29, 1.82) is 0 Å². The topological polar surface area (TPSA) is 165 Å². The van der Waals surface area contributed by atoms with Crippen LogP contribution in [0.2, 0.25) is 0 Å². The maximum atomic E-state index is 12.0. The smallest absolute Gasteiger partial charge is 0.353 e. The van der Waals surface area contributed by atoms with E-state index in [1.165, 1.54) is 33.3 Å². The predicted octanol–water partition coefficient (Wildman–Crippen LogP) is 1.61. The highest BCUT2D eigenvalue weighted by molar-refractivity contribution is 8.04. The van der Waals surface area contributed by atoms with Crippen molar-refractivity contribution in [2.45, 2.75) is 76.5 Å². The number of ether oxygens (including phenoxy) is 1. The van der Waals surface area contributed by atoms with Crippen LogP contribution >= 0.6 is 23.5 Å². The second kappa shape index (κ2) is 9.92. The summed E-state index contributed by atoms with van der Waals surface area (Å²) in [6.07, 6.45) is -0.0438. The lowest BCUT2D eigenvalue weighted by Gasteiger charge is -2.43. The lowest BCUT2D eigenvalue weighted by Crippen LogP contribution is -2.60. The molecule has 0 spiro atoms. The monoisotopic (exact) mass is 556 g/mol. The van der Waals surface area contributed by atoms with Crippen molar-refractivity contribution in [3.63, 3.8) is 0 Å². The SMILES string of the molecule is C[C@@H](O)[C@H]1C(=O)N2C(C(=O)O)=C(C(C)(C)C)S[C@H]12.C[C@@H](O)[C@H]1C(=O)N2C(C(=O)O)=C([C@H]3CCCO3)S[C@H]12. The molecule has 0 aromatic heterocycles. The Labute approximate surface area is 222 Å². The van der Waals surface area contributed by atoms with Crippen LogP contribution in [0.5, 0.6) is 0 Å². The van der Waals surface area contributed by atoms with Gasteiger partial charge in [-0.25, -0.2) is 9.59 Å². The second-order valence-corrected chi connectivity index (χ2v) is 13.0. The average Bonchev–Trinajstić information content (AvgIpc) is 3.47. The lowest BCUT2D eigenvalue weighted by atomic mass is 9.90. The molecule has 0 unspecified atom stereocenters. The molecule has 5 aliphatic rings. The first-order chi connectivity index (χ1) is 17.2. The molecule has 3 fully saturated rings. The van der Waals surface area contributed by atoms with E-state index in [-0.39, 0.29) is 45.5 Å². The summed E-state index contributed by atoms with van der Waals surface area (Å²) in [5.74, 6) is -3.79. The summed E-state index contributed by atoms with van der Waals surface area (Å²) in [6.45, 7) is 9.52. The standard InChI is InChI=1S/C12H15NO5S.C12H17NO4S/c1-5(14)7-10(15)13-8(12(16)17)9(19-11(7)13)6-3-2-4-18-6;1-5(14)6-9(15)13-7(11(16)17)8(12(2,3)4)18-10(6)13/h5-7,11,14H,2-4H2,1H3,(H,16,17);5-6,10,14H,1-4H3,(H,16,17)/t5-,6-,7+,11-;5-,6+,10-/m11/s1. The number of carboxylic acid groups (broad SMARTS) is 2. The Hall–Kier alpha value is -2.06. The van der Waals surface area contributed by atoms with Gasteiger partial charge in [0.1, 0.15) is 22.1 Å². The van der Waals surface area contributed by atoms with E-state index in [9.17, 15) is 39.6 Å². The highest BCUT2D eigenvalue weighted by Crippen LogP contribution is 2.55. The summed E-state index contributed by atoms with van der Waals surface area (Å²) in [6, 6.07) is 0. The Morgan fingerprint density at radius 1 is 0.919 bits per heavy atom. The van der Waals surface area contributed by atoms with E-state index in [1.54, 1.807) is 13.8 Å². The number of carboxylic acids is 2. The van der Waals surface area contributed by atoms with Crippen LogP contribution < -0.4 is 0 Å². The molecule has 0 aliphatic carbocycles. The fraction of sp³-hybridized carbons (Fsp3) is 0.667. The molecule has 0 aromatic rings. The molecule has 4 N–H and O–H groups in total. The van der Waals surface area contributed by atoms with Crippen LogP contribution in [-0.4, -0.2) is 89.6 Å². The van der Waals surface area contributed by atoms with Crippen molar-refractivity contribution in [1.82, 2.24) is 9.80 Å². The Morgan fingerprint density at radius 2 is 1.41 bits per heavy atom. The normalized spacial score (nSPS) is 32.4. The Kier molecular flexibility index (Phi) is 7.49. The number of rotatable bonds is 5. The van der Waals surface area contributed by atoms with Crippen molar-refractivity contribution in [2.24, 2.45) is 17.3 Å². The molecule has 0 saturated carbocycles. The molecule has 11 nitrogen and oxygen atoms in total. The quantitative estimate of drug-likeness (QED) is 0.364. The molecular weight excluding hydrogens is 524 g/mol. The van der Waals surface area contributed by atoms with Crippen molar-refractivity contribution in [3.05, 3.63) is 21.2 Å². The van der Waals surface area contributed by atoms with Crippen LogP contribution in [0.1, 0.15) is 47.5 Å². The van der Waals surface area contributed by atoms with Gasteiger partial charge in [0.25, 0.3) is 0 Å². The summed E-state index contributed by atoms with van der Waals surface area (Å²) in [7, 11) is 0. The Morgan fingerprint density at radius 3 is 1.81 bits per heavy atom. The number of hydrogen-bond donors (Lipinski definition) is 4. The molecule has 37 heavy (non-hydrogen) atoms. The second-order valence-electron chi connectivity index (χ2n) is 10.7. The van der Waals surface area contributed by atoms with Gasteiger partial charge in [-0.05, 0) is 32.1 Å². The number of carbonyl (C=O) groups excluding carboxylic acids is 2. The molecule has 0 aromatic carbocycles. The molecule has 0 bridgehead atoms. The summed E-state index contributed by atoms with van der Waals surface area (Å²) < 4.78 is 5.53. The number of β-lactam (4-membered cyclic amide) rings is 2. The van der Waals surface area contributed by atoms with E-state index in [1.807, 2.05) is 20.8 Å². The maximum Gasteiger partial charge on any atom is 0.353 e. The minimum absolute atomic E-state index is 0.0452. The van der Waals surface area contributed by atoms with Gasteiger partial charge in [-0.3, -0.25) is 19.4 Å². The van der Waals surface area contributed by atoms with Crippen molar-refractivity contribution < 1.29 is 44.3 Å². The highest BCUT2D eigenvalue weighted by atomic mass is 32.2. The molecule has 7 atom stereocenters. The van der Waals surface area contributed by atoms with Gasteiger partial charge in [-0.2, -0.15) is 0 Å². The number of amides is 2. The fourth-order valence-electron chi connectivity index (χ4n) is 5.13. The van der Waals surface area contributed by atoms with Crippen LogP contribution in [0, 0.1) is 17.3 Å². The zero-order chi connectivity index (χ0) is 27.6. The number of carbonyl (C=O) groups is 4. The molecule has 5 rings (SSSR count). The molecular formula is C24H32N2O9S2. The molecule has 2 amide bonds. The highest BCUT2D eigenvalue weighted by Gasteiger charge is 2.59. The number of fused-ring (bicyclic) bond motifs is 2. The minimum atomic E-state index is -1.10. The summed E-state index contributed by atoms with van der Waals surface area (Å²) in [4.78, 5) is 50.6. The lowest BCUT2D eigenvalue weighted by molar-refractivity contribution is -0.156. The van der Waals surface area contributed by atoms with Gasteiger partial charge in [0.2, 0.25) is 11.8 Å². The number of nitrogens with zero attached hydrogens (tertiary/aromatic N) is 2. The number of aliphatic hydroxyl groups excluding tert-OH is 2. The van der Waals surface area contributed by atoms with Crippen LogP contribution in [0.15, 0.2) is 21.2 Å². The van der Waals surface area contributed by atoms with Gasteiger partial charge in [0, 0.05) is 16.4 Å². The average molecular weight is 557 g/mol. The third-order valence-electron chi connectivity index (χ3n) is 6.93. The first-order valence-corrected chi connectivity index (χ1v) is 13.9. The number of aliphatic carboxylic acids is 2. The van der Waals surface area contributed by atoms with E-state index in [2.05, 4.69) is 0 Å². The fourth-order valence-corrected chi connectivity index (χ4v) is 8.53. The van der Waals surface area contributed by atoms with Gasteiger partial charge in [0.15, 0.2) is 0 Å². The van der Waals surface area contributed by atoms with Gasteiger partial charge >= 0.3 is 11.9 Å². The molecule has 3 saturated heterocycles. The molecule has 0 radical (unpaired) electrons. The molecule has 204 valence electrons. The molecule has 13 heteroatoms. The van der Waals surface area contributed by atoms with E-state index in [0.717, 1.165) is 12.8 Å². The van der Waals surface area contributed by atoms with Gasteiger partial charge < -0.3 is 25.2 Å². The number of thioether (sulfide) groups is 2. The first-order valence-electron chi connectivity index (χ1n) is 12.1. The minimum Gasteiger partial charge on any atom is -0.477 e. The largest absolute Gasteiger partial charge is 0.477 e. The van der Waals surface area contributed by atoms with E-state index < -0.39 is 36.0 Å². The van der Waals surface area contributed by atoms with Crippen LogP contribution in [0.3, 0.4) is 0 Å². The maximum absolute atomic E-state index is 12.0. The van der Waals surface area contributed by atoms with E-state index in [4.69, 9.17) is 4.74 Å². The first kappa shape index (κ1) is 28.0. The Balaban J connectivity index is 0.000000173. The van der Waals surface area contributed by atoms with Crippen LogP contribution in [0.25, 0.3) is 0 Å². The number of hydrogen-bond acceptors (Lipinski definition) is 9.